The van der Waals surface area contributed by atoms with Crippen molar-refractivity contribution in [2.45, 2.75) is 18.3 Å². The van der Waals surface area contributed by atoms with Gasteiger partial charge in [-0.2, -0.15) is 0 Å². The maximum absolute atomic E-state index is 12.5. The number of halogens is 1. The summed E-state index contributed by atoms with van der Waals surface area (Å²) in [5.41, 5.74) is 4.29. The predicted octanol–water partition coefficient (Wildman–Crippen LogP) is 3.44. The number of amides is 1. The molecule has 1 atom stereocenters. The third-order valence-corrected chi connectivity index (χ3v) is 4.77. The maximum Gasteiger partial charge on any atom is 0.235 e. The minimum atomic E-state index is -0.389. The number of benzene rings is 2. The molecule has 0 saturated heterocycles. The number of fused-ring (bicyclic) bond motifs is 3. The van der Waals surface area contributed by atoms with Gasteiger partial charge in [0.25, 0.3) is 0 Å². The van der Waals surface area contributed by atoms with E-state index in [1.54, 1.807) is 0 Å². The summed E-state index contributed by atoms with van der Waals surface area (Å²) >= 11 is 3.51. The number of rotatable bonds is 0. The van der Waals surface area contributed by atoms with Crippen molar-refractivity contribution in [2.75, 3.05) is 5.32 Å². The van der Waals surface area contributed by atoms with Crippen molar-refractivity contribution in [3.05, 3.63) is 63.6 Å². The van der Waals surface area contributed by atoms with Crippen LogP contribution in [-0.4, -0.2) is 5.91 Å². The van der Waals surface area contributed by atoms with E-state index in [9.17, 15) is 4.79 Å². The lowest BCUT2D eigenvalue weighted by molar-refractivity contribution is -0.120. The van der Waals surface area contributed by atoms with E-state index in [1.165, 1.54) is 11.1 Å². The molecule has 0 bridgehead atoms. The van der Waals surface area contributed by atoms with Crippen LogP contribution in [0.3, 0.4) is 0 Å². The molecule has 19 heavy (non-hydrogen) atoms. The fraction of sp³-hybridized carbons (Fsp3) is 0.188. The van der Waals surface area contributed by atoms with Gasteiger partial charge in [-0.15, -0.1) is 0 Å². The van der Waals surface area contributed by atoms with E-state index >= 15 is 0 Å². The van der Waals surface area contributed by atoms with Crippen molar-refractivity contribution < 1.29 is 4.79 Å². The number of hydrogen-bond acceptors (Lipinski definition) is 1. The molecule has 0 aromatic heterocycles. The fourth-order valence-electron chi connectivity index (χ4n) is 3.37. The highest BCUT2D eigenvalue weighted by molar-refractivity contribution is 9.10. The number of anilines is 1. The minimum Gasteiger partial charge on any atom is -0.325 e. The Kier molecular flexibility index (Phi) is 2.19. The van der Waals surface area contributed by atoms with E-state index in [-0.39, 0.29) is 11.3 Å². The molecule has 4 rings (SSSR count). The Morgan fingerprint density at radius 1 is 1.05 bits per heavy atom. The van der Waals surface area contributed by atoms with Gasteiger partial charge in [-0.1, -0.05) is 40.2 Å². The number of nitrogens with one attached hydrogen (secondary N) is 1. The van der Waals surface area contributed by atoms with E-state index in [4.69, 9.17) is 0 Å². The monoisotopic (exact) mass is 313 g/mol. The quantitative estimate of drug-likeness (QED) is 0.793. The Morgan fingerprint density at radius 3 is 2.74 bits per heavy atom. The van der Waals surface area contributed by atoms with E-state index in [0.717, 1.165) is 28.6 Å². The lowest BCUT2D eigenvalue weighted by Gasteiger charge is -2.20. The minimum absolute atomic E-state index is 0.140. The molecule has 2 aliphatic rings. The Hall–Kier alpha value is -1.61. The fourth-order valence-corrected chi connectivity index (χ4v) is 3.78. The second-order valence-corrected chi connectivity index (χ2v) is 6.26. The van der Waals surface area contributed by atoms with Crippen LogP contribution >= 0.6 is 15.9 Å². The molecule has 1 aliphatic heterocycles. The van der Waals surface area contributed by atoms with Crippen LogP contribution in [0.2, 0.25) is 0 Å². The Labute approximate surface area is 120 Å². The Morgan fingerprint density at radius 2 is 1.84 bits per heavy atom. The number of carbonyl (C=O) groups excluding carboxylic acids is 1. The molecule has 0 radical (unpaired) electrons. The first kappa shape index (κ1) is 11.2. The summed E-state index contributed by atoms with van der Waals surface area (Å²) in [6.45, 7) is 0. The van der Waals surface area contributed by atoms with Gasteiger partial charge in [0, 0.05) is 10.2 Å². The van der Waals surface area contributed by atoms with Gasteiger partial charge in [0.05, 0.1) is 5.41 Å². The molecule has 0 fully saturated rings. The third kappa shape index (κ3) is 1.45. The van der Waals surface area contributed by atoms with Gasteiger partial charge in [-0.05, 0) is 47.7 Å². The first-order valence-corrected chi connectivity index (χ1v) is 7.17. The van der Waals surface area contributed by atoms with Gasteiger partial charge >= 0.3 is 0 Å². The van der Waals surface area contributed by atoms with E-state index in [0.29, 0.717) is 0 Å². The highest BCUT2D eigenvalue weighted by Crippen LogP contribution is 2.47. The number of para-hydroxylation sites is 1. The van der Waals surface area contributed by atoms with E-state index < -0.39 is 0 Å². The van der Waals surface area contributed by atoms with Crippen molar-refractivity contribution in [2.24, 2.45) is 0 Å². The lowest BCUT2D eigenvalue weighted by atomic mass is 9.79. The molecule has 3 heteroatoms. The van der Waals surface area contributed by atoms with Crippen molar-refractivity contribution in [1.82, 2.24) is 0 Å². The SMILES string of the molecule is O=C1Nc2ccccc2[C@@]12Cc1ccc(Br)cc1C2. The molecule has 0 unspecified atom stereocenters. The summed E-state index contributed by atoms with van der Waals surface area (Å²) < 4.78 is 1.08. The molecule has 2 aromatic rings. The van der Waals surface area contributed by atoms with Crippen molar-refractivity contribution in [1.29, 1.82) is 0 Å². The summed E-state index contributed by atoms with van der Waals surface area (Å²) in [5, 5.41) is 3.03. The van der Waals surface area contributed by atoms with Crippen LogP contribution in [0, 0.1) is 0 Å². The highest BCUT2D eigenvalue weighted by atomic mass is 79.9. The van der Waals surface area contributed by atoms with E-state index in [1.807, 2.05) is 18.2 Å². The second-order valence-electron chi connectivity index (χ2n) is 5.35. The van der Waals surface area contributed by atoms with Crippen LogP contribution in [0.15, 0.2) is 46.9 Å². The molecule has 1 aliphatic carbocycles. The van der Waals surface area contributed by atoms with Crippen molar-refractivity contribution in [3.8, 4) is 0 Å². The lowest BCUT2D eigenvalue weighted by Crippen LogP contribution is -2.35. The third-order valence-electron chi connectivity index (χ3n) is 4.28. The van der Waals surface area contributed by atoms with Crippen LogP contribution in [-0.2, 0) is 23.1 Å². The van der Waals surface area contributed by atoms with Crippen LogP contribution in [0.4, 0.5) is 5.69 Å². The molecule has 1 amide bonds. The molecule has 0 saturated carbocycles. The zero-order valence-corrected chi connectivity index (χ0v) is 11.8. The summed E-state index contributed by atoms with van der Waals surface area (Å²) in [6, 6.07) is 14.4. The smallest absolute Gasteiger partial charge is 0.235 e. The first-order valence-electron chi connectivity index (χ1n) is 6.37. The molecular weight excluding hydrogens is 302 g/mol. The van der Waals surface area contributed by atoms with Crippen LogP contribution in [0.25, 0.3) is 0 Å². The normalized spacial score (nSPS) is 23.3. The zero-order valence-electron chi connectivity index (χ0n) is 10.2. The standard InChI is InChI=1S/C16H12BrNO/c17-12-6-5-10-8-16(9-11(10)7-12)13-3-1-2-4-14(13)18-15(16)19/h1-7H,8-9H2,(H,18,19)/t16-/m0/s1. The summed E-state index contributed by atoms with van der Waals surface area (Å²) in [4.78, 5) is 12.5. The average molecular weight is 314 g/mol. The summed E-state index contributed by atoms with van der Waals surface area (Å²) in [5.74, 6) is 0.140. The highest BCUT2D eigenvalue weighted by Gasteiger charge is 2.50. The Balaban J connectivity index is 1.88. The van der Waals surface area contributed by atoms with Crippen molar-refractivity contribution >= 4 is 27.5 Å². The van der Waals surface area contributed by atoms with Gasteiger partial charge in [0.15, 0.2) is 0 Å². The van der Waals surface area contributed by atoms with Gasteiger partial charge in [0.1, 0.15) is 0 Å². The molecule has 1 N–H and O–H groups in total. The largest absolute Gasteiger partial charge is 0.325 e. The van der Waals surface area contributed by atoms with Crippen molar-refractivity contribution in [3.63, 3.8) is 0 Å². The van der Waals surface area contributed by atoms with Crippen LogP contribution < -0.4 is 5.32 Å². The van der Waals surface area contributed by atoms with Gasteiger partial charge in [0.2, 0.25) is 5.91 Å². The summed E-state index contributed by atoms with van der Waals surface area (Å²) in [7, 11) is 0. The van der Waals surface area contributed by atoms with Gasteiger partial charge in [-0.25, -0.2) is 0 Å². The molecule has 1 spiro atoms. The molecule has 2 aromatic carbocycles. The number of carbonyl (C=O) groups is 1. The van der Waals surface area contributed by atoms with E-state index in [2.05, 4.69) is 45.5 Å². The maximum atomic E-state index is 12.5. The summed E-state index contributed by atoms with van der Waals surface area (Å²) in [6.07, 6.45) is 1.60. The van der Waals surface area contributed by atoms with Crippen LogP contribution in [0.1, 0.15) is 16.7 Å². The molecular formula is C16H12BrNO. The molecule has 94 valence electrons. The predicted molar refractivity (Wildman–Crippen MR) is 78.3 cm³/mol. The topological polar surface area (TPSA) is 29.1 Å². The Bertz CT molecular complexity index is 710. The number of hydrogen-bond donors (Lipinski definition) is 1. The molecule has 2 nitrogen and oxygen atoms in total. The average Bonchev–Trinajstić information content (AvgIpc) is 2.90. The van der Waals surface area contributed by atoms with Gasteiger partial charge in [-0.3, -0.25) is 4.79 Å². The zero-order chi connectivity index (χ0) is 13.0. The van der Waals surface area contributed by atoms with Gasteiger partial charge < -0.3 is 5.32 Å². The first-order chi connectivity index (χ1) is 9.19. The second kappa shape index (κ2) is 3.70. The molecule has 1 heterocycles. The van der Waals surface area contributed by atoms with Crippen LogP contribution in [0.5, 0.6) is 0 Å².